The fraction of sp³-hybridized carbons (Fsp3) is 0. The van der Waals surface area contributed by atoms with Crippen molar-refractivity contribution in [2.45, 2.75) is 0 Å². The molecule has 1 aromatic heterocycles. The van der Waals surface area contributed by atoms with Crippen LogP contribution in [0, 0.1) is 20.2 Å². The van der Waals surface area contributed by atoms with Gasteiger partial charge in [0.05, 0.1) is 21.3 Å². The van der Waals surface area contributed by atoms with E-state index in [0.717, 1.165) is 6.07 Å². The van der Waals surface area contributed by atoms with Crippen LogP contribution in [0.1, 0.15) is 0 Å². The molecule has 0 aliphatic carbocycles. The van der Waals surface area contributed by atoms with Crippen molar-refractivity contribution in [2.75, 3.05) is 5.32 Å². The van der Waals surface area contributed by atoms with Gasteiger partial charge >= 0.3 is 5.69 Å². The topological polar surface area (TPSA) is 111 Å². The van der Waals surface area contributed by atoms with Crippen LogP contribution >= 0.6 is 11.6 Å². The van der Waals surface area contributed by atoms with E-state index in [2.05, 4.69) is 10.3 Å². The molecule has 0 saturated carbocycles. The molecule has 1 N–H and O–H groups in total. The van der Waals surface area contributed by atoms with E-state index in [1.165, 1.54) is 18.3 Å². The van der Waals surface area contributed by atoms with Crippen molar-refractivity contribution < 1.29 is 9.85 Å². The zero-order chi connectivity index (χ0) is 17.3. The minimum Gasteiger partial charge on any atom is -0.348 e. The number of nitro groups is 2. The zero-order valence-electron chi connectivity index (χ0n) is 12.0. The summed E-state index contributed by atoms with van der Waals surface area (Å²) in [6, 6.07) is 10.5. The van der Waals surface area contributed by atoms with Crippen LogP contribution in [0.3, 0.4) is 0 Å². The first-order valence-electron chi connectivity index (χ1n) is 6.70. The summed E-state index contributed by atoms with van der Waals surface area (Å²) in [5, 5.41) is 26.2. The predicted molar refractivity (Wildman–Crippen MR) is 89.8 cm³/mol. The molecule has 0 unspecified atom stereocenters. The number of hydrogen-bond acceptors (Lipinski definition) is 6. The Balaban J connectivity index is 2.26. The number of hydrogen-bond donors (Lipinski definition) is 1. The fourth-order valence-electron chi connectivity index (χ4n) is 2.31. The Bertz CT molecular complexity index is 960. The number of non-ortho nitro benzene ring substituents is 1. The number of anilines is 2. The Morgan fingerprint density at radius 2 is 1.67 bits per heavy atom. The average molecular weight is 345 g/mol. The third kappa shape index (κ3) is 2.82. The molecule has 3 rings (SSSR count). The number of nitrogens with one attached hydrogen (secondary N) is 1. The van der Waals surface area contributed by atoms with E-state index in [1.54, 1.807) is 24.3 Å². The molecule has 3 aromatic rings. The second-order valence-electron chi connectivity index (χ2n) is 4.84. The molecule has 120 valence electrons. The molecule has 0 bridgehead atoms. The van der Waals surface area contributed by atoms with Gasteiger partial charge in [-0.25, -0.2) is 0 Å². The number of nitro benzene ring substituents is 2. The lowest BCUT2D eigenvalue weighted by molar-refractivity contribution is -0.392. The van der Waals surface area contributed by atoms with Crippen LogP contribution in [-0.4, -0.2) is 14.8 Å². The van der Waals surface area contributed by atoms with E-state index < -0.39 is 15.5 Å². The quantitative estimate of drug-likeness (QED) is 0.552. The second-order valence-corrected chi connectivity index (χ2v) is 5.27. The number of halogens is 1. The van der Waals surface area contributed by atoms with Gasteiger partial charge in [-0.05, 0) is 36.4 Å². The molecule has 1 heterocycles. The van der Waals surface area contributed by atoms with E-state index >= 15 is 0 Å². The molecule has 0 spiro atoms. The monoisotopic (exact) mass is 344 g/mol. The summed E-state index contributed by atoms with van der Waals surface area (Å²) in [6.45, 7) is 0. The highest BCUT2D eigenvalue weighted by Crippen LogP contribution is 2.39. The number of pyridine rings is 1. The van der Waals surface area contributed by atoms with E-state index in [1.807, 2.05) is 0 Å². The molecular weight excluding hydrogens is 336 g/mol. The van der Waals surface area contributed by atoms with Gasteiger partial charge in [-0.1, -0.05) is 11.6 Å². The normalized spacial score (nSPS) is 10.5. The van der Waals surface area contributed by atoms with Crippen LogP contribution in [0.25, 0.3) is 10.9 Å². The van der Waals surface area contributed by atoms with Crippen LogP contribution in [0.4, 0.5) is 22.7 Å². The third-order valence-corrected chi connectivity index (χ3v) is 3.61. The number of fused-ring (bicyclic) bond motifs is 1. The van der Waals surface area contributed by atoms with Crippen molar-refractivity contribution in [3.63, 3.8) is 0 Å². The van der Waals surface area contributed by atoms with Gasteiger partial charge in [0.25, 0.3) is 5.69 Å². The molecule has 0 radical (unpaired) electrons. The van der Waals surface area contributed by atoms with Crippen molar-refractivity contribution in [1.82, 2.24) is 4.98 Å². The highest BCUT2D eigenvalue weighted by molar-refractivity contribution is 6.30. The number of aromatic nitrogens is 1. The maximum atomic E-state index is 11.4. The van der Waals surface area contributed by atoms with Crippen molar-refractivity contribution in [1.29, 1.82) is 0 Å². The summed E-state index contributed by atoms with van der Waals surface area (Å²) in [6.07, 6.45) is 1.42. The fourth-order valence-corrected chi connectivity index (χ4v) is 2.43. The van der Waals surface area contributed by atoms with E-state index in [9.17, 15) is 20.2 Å². The first-order chi connectivity index (χ1) is 11.5. The van der Waals surface area contributed by atoms with Crippen LogP contribution in [0.5, 0.6) is 0 Å². The molecule has 9 heteroatoms. The van der Waals surface area contributed by atoms with Gasteiger partial charge in [-0.3, -0.25) is 25.2 Å². The first-order valence-corrected chi connectivity index (χ1v) is 7.08. The smallest absolute Gasteiger partial charge is 0.301 e. The van der Waals surface area contributed by atoms with Crippen molar-refractivity contribution in [3.8, 4) is 0 Å². The summed E-state index contributed by atoms with van der Waals surface area (Å²) in [5.41, 5.74) is -0.0190. The van der Waals surface area contributed by atoms with E-state index in [4.69, 9.17) is 11.6 Å². The molecule has 0 fully saturated rings. The highest BCUT2D eigenvalue weighted by atomic mass is 35.5. The van der Waals surface area contributed by atoms with Crippen LogP contribution < -0.4 is 5.32 Å². The molecule has 0 aliphatic rings. The Kier molecular flexibility index (Phi) is 3.97. The second kappa shape index (κ2) is 6.09. The minimum atomic E-state index is -0.681. The molecule has 0 aliphatic heterocycles. The van der Waals surface area contributed by atoms with Gasteiger partial charge in [-0.15, -0.1) is 0 Å². The van der Waals surface area contributed by atoms with E-state index in [0.29, 0.717) is 10.7 Å². The minimum absolute atomic E-state index is 0.0866. The lowest BCUT2D eigenvalue weighted by Crippen LogP contribution is -2.01. The number of benzene rings is 2. The largest absolute Gasteiger partial charge is 0.348 e. The number of nitrogens with zero attached hydrogens (tertiary/aromatic N) is 3. The van der Waals surface area contributed by atoms with Crippen LogP contribution in [-0.2, 0) is 0 Å². The Hall–Kier alpha value is -3.26. The average Bonchev–Trinajstić information content (AvgIpc) is 2.56. The van der Waals surface area contributed by atoms with Crippen molar-refractivity contribution in [2.24, 2.45) is 0 Å². The molecular formula is C15H9ClN4O4. The lowest BCUT2D eigenvalue weighted by Gasteiger charge is -2.10. The molecule has 0 saturated heterocycles. The number of rotatable bonds is 4. The molecule has 0 amide bonds. The Labute approximate surface area is 140 Å². The first kappa shape index (κ1) is 15.6. The van der Waals surface area contributed by atoms with Gasteiger partial charge in [0.2, 0.25) is 0 Å². The summed E-state index contributed by atoms with van der Waals surface area (Å²) in [4.78, 5) is 25.3. The van der Waals surface area contributed by atoms with Gasteiger partial charge in [0.15, 0.2) is 0 Å². The standard InChI is InChI=1S/C15H9ClN4O4/c16-9-3-5-10(6-4-9)18-15-13(20(23)24)8-12(19(21)22)11-2-1-7-17-14(11)15/h1-8,18H. The zero-order valence-corrected chi connectivity index (χ0v) is 12.7. The molecule has 8 nitrogen and oxygen atoms in total. The highest BCUT2D eigenvalue weighted by Gasteiger charge is 2.26. The lowest BCUT2D eigenvalue weighted by atomic mass is 10.1. The van der Waals surface area contributed by atoms with Gasteiger partial charge in [-0.2, -0.15) is 0 Å². The van der Waals surface area contributed by atoms with Crippen molar-refractivity contribution >= 4 is 45.3 Å². The summed E-state index contributed by atoms with van der Waals surface area (Å²) < 4.78 is 0. The molecule has 0 atom stereocenters. The van der Waals surface area contributed by atoms with Gasteiger partial charge in [0, 0.05) is 16.9 Å². The maximum Gasteiger partial charge on any atom is 0.301 e. The summed E-state index contributed by atoms with van der Waals surface area (Å²) in [5.74, 6) is 0. The van der Waals surface area contributed by atoms with Crippen LogP contribution in [0.2, 0.25) is 5.02 Å². The molecule has 2 aromatic carbocycles. The van der Waals surface area contributed by atoms with Crippen molar-refractivity contribution in [3.05, 3.63) is 73.9 Å². The van der Waals surface area contributed by atoms with E-state index in [-0.39, 0.29) is 22.3 Å². The summed E-state index contributed by atoms with van der Waals surface area (Å²) >= 11 is 5.82. The van der Waals surface area contributed by atoms with Gasteiger partial charge in [0.1, 0.15) is 11.2 Å². The Morgan fingerprint density at radius 3 is 2.29 bits per heavy atom. The predicted octanol–water partition coefficient (Wildman–Crippen LogP) is 4.45. The third-order valence-electron chi connectivity index (χ3n) is 3.36. The maximum absolute atomic E-state index is 11.4. The van der Waals surface area contributed by atoms with Crippen LogP contribution in [0.15, 0.2) is 48.7 Å². The Morgan fingerprint density at radius 1 is 1.00 bits per heavy atom. The van der Waals surface area contributed by atoms with Gasteiger partial charge < -0.3 is 5.32 Å². The summed E-state index contributed by atoms with van der Waals surface area (Å²) in [7, 11) is 0. The molecule has 24 heavy (non-hydrogen) atoms. The SMILES string of the molecule is O=[N+]([O-])c1cc([N+](=O)[O-])c2cccnc2c1Nc1ccc(Cl)cc1.